The van der Waals surface area contributed by atoms with Crippen LogP contribution in [0.4, 0.5) is 4.39 Å². The van der Waals surface area contributed by atoms with E-state index in [1.165, 1.54) is 12.1 Å². The molecule has 0 spiro atoms. The van der Waals surface area contributed by atoms with E-state index in [0.717, 1.165) is 17.4 Å². The topological polar surface area (TPSA) is 63.6 Å². The van der Waals surface area contributed by atoms with Crippen molar-refractivity contribution in [3.63, 3.8) is 0 Å². The number of hydrogen-bond acceptors (Lipinski definition) is 4. The minimum atomic E-state index is -3.52. The van der Waals surface area contributed by atoms with Crippen LogP contribution in [-0.4, -0.2) is 26.4 Å². The van der Waals surface area contributed by atoms with E-state index in [2.05, 4.69) is 4.18 Å². The van der Waals surface area contributed by atoms with E-state index >= 15 is 0 Å². The Kier molecular flexibility index (Phi) is 5.19. The van der Waals surface area contributed by atoms with E-state index in [1.54, 1.807) is 31.2 Å². The first kappa shape index (κ1) is 17.6. The van der Waals surface area contributed by atoms with Crippen molar-refractivity contribution in [1.82, 2.24) is 0 Å². The van der Waals surface area contributed by atoms with Gasteiger partial charge in [0.25, 0.3) is 10.1 Å². The van der Waals surface area contributed by atoms with Crippen molar-refractivity contribution in [3.8, 4) is 11.1 Å². The zero-order chi connectivity index (χ0) is 17.1. The summed E-state index contributed by atoms with van der Waals surface area (Å²) in [5.74, 6) is -0.292. The summed E-state index contributed by atoms with van der Waals surface area (Å²) in [5, 5.41) is 10.5. The van der Waals surface area contributed by atoms with Crippen molar-refractivity contribution in [1.29, 1.82) is 0 Å². The maximum absolute atomic E-state index is 12.9. The molecule has 6 heteroatoms. The number of rotatable bonds is 6. The van der Waals surface area contributed by atoms with Gasteiger partial charge < -0.3 is 5.11 Å². The largest absolute Gasteiger partial charge is 0.385 e. The smallest absolute Gasteiger partial charge is 0.264 e. The minimum Gasteiger partial charge on any atom is -0.385 e. The lowest BCUT2D eigenvalue weighted by molar-refractivity contribution is 0.0345. The van der Waals surface area contributed by atoms with E-state index in [1.807, 2.05) is 12.1 Å². The Bertz CT molecular complexity index is 750. The second-order valence-electron chi connectivity index (χ2n) is 5.63. The zero-order valence-electron chi connectivity index (χ0n) is 13.0. The summed E-state index contributed by atoms with van der Waals surface area (Å²) in [6.07, 6.45) is 1.12. The third-order valence-electron chi connectivity index (χ3n) is 3.57. The van der Waals surface area contributed by atoms with Crippen LogP contribution >= 0.6 is 0 Å². The van der Waals surface area contributed by atoms with Crippen LogP contribution < -0.4 is 0 Å². The lowest BCUT2D eigenvalue weighted by Crippen LogP contribution is -2.24. The molecule has 4 nitrogen and oxygen atoms in total. The molecule has 0 aliphatic carbocycles. The van der Waals surface area contributed by atoms with Crippen LogP contribution in [0.25, 0.3) is 11.1 Å². The van der Waals surface area contributed by atoms with Gasteiger partial charge in [0.1, 0.15) is 5.82 Å². The highest BCUT2D eigenvalue weighted by Crippen LogP contribution is 2.27. The second kappa shape index (κ2) is 6.78. The van der Waals surface area contributed by atoms with Crippen LogP contribution in [0.1, 0.15) is 18.9 Å². The molecular formula is C17H19FO4S. The van der Waals surface area contributed by atoms with Crippen molar-refractivity contribution in [2.75, 3.05) is 12.9 Å². The molecule has 0 aliphatic rings. The predicted octanol–water partition coefficient (Wildman–Crippen LogP) is 3.07. The fourth-order valence-corrected chi connectivity index (χ4v) is 2.59. The van der Waals surface area contributed by atoms with Gasteiger partial charge in [-0.05, 0) is 35.7 Å². The van der Waals surface area contributed by atoms with E-state index in [0.29, 0.717) is 5.56 Å². The summed E-state index contributed by atoms with van der Waals surface area (Å²) in [4.78, 5) is 0. The van der Waals surface area contributed by atoms with Gasteiger partial charge in [-0.2, -0.15) is 8.42 Å². The minimum absolute atomic E-state index is 0.0917. The summed E-state index contributed by atoms with van der Waals surface area (Å²) in [6, 6.07) is 13.3. The normalized spacial score (nSPS) is 14.4. The zero-order valence-corrected chi connectivity index (χ0v) is 13.8. The van der Waals surface area contributed by atoms with Crippen LogP contribution in [0.15, 0.2) is 48.5 Å². The van der Waals surface area contributed by atoms with Gasteiger partial charge in [0.15, 0.2) is 0 Å². The van der Waals surface area contributed by atoms with Crippen LogP contribution in [0.3, 0.4) is 0 Å². The Morgan fingerprint density at radius 3 is 2.00 bits per heavy atom. The molecule has 0 radical (unpaired) electrons. The predicted molar refractivity (Wildman–Crippen MR) is 86.8 cm³/mol. The average molecular weight is 338 g/mol. The summed E-state index contributed by atoms with van der Waals surface area (Å²) in [7, 11) is -3.52. The summed E-state index contributed by atoms with van der Waals surface area (Å²) >= 11 is 0. The number of halogens is 1. The maximum atomic E-state index is 12.9. The Hall–Kier alpha value is -1.76. The van der Waals surface area contributed by atoms with Gasteiger partial charge in [0, 0.05) is 6.42 Å². The molecule has 1 atom stereocenters. The lowest BCUT2D eigenvalue weighted by atomic mass is 9.91. The van der Waals surface area contributed by atoms with Gasteiger partial charge in [-0.15, -0.1) is 0 Å². The van der Waals surface area contributed by atoms with Crippen LogP contribution in [0.5, 0.6) is 0 Å². The van der Waals surface area contributed by atoms with E-state index in [-0.39, 0.29) is 18.8 Å². The van der Waals surface area contributed by atoms with Crippen molar-refractivity contribution in [2.24, 2.45) is 0 Å². The molecule has 0 saturated carbocycles. The number of benzene rings is 2. The fourth-order valence-electron chi connectivity index (χ4n) is 2.20. The highest BCUT2D eigenvalue weighted by molar-refractivity contribution is 7.85. The van der Waals surface area contributed by atoms with Crippen LogP contribution in [-0.2, 0) is 19.9 Å². The van der Waals surface area contributed by atoms with Crippen LogP contribution in [0, 0.1) is 5.82 Å². The van der Waals surface area contributed by atoms with Crippen molar-refractivity contribution >= 4 is 10.1 Å². The molecule has 0 amide bonds. The standard InChI is InChI=1S/C17H19FO4S/c1-17(19,11-12-22-23(2,20)21)15-7-3-13(4-8-15)14-5-9-16(18)10-6-14/h3-10,19H,11-12H2,1-2H3. The second-order valence-corrected chi connectivity index (χ2v) is 7.28. The fraction of sp³-hybridized carbons (Fsp3) is 0.294. The summed E-state index contributed by atoms with van der Waals surface area (Å²) < 4.78 is 39.5. The monoisotopic (exact) mass is 338 g/mol. The molecule has 1 unspecified atom stereocenters. The molecule has 0 aliphatic heterocycles. The first-order valence-electron chi connectivity index (χ1n) is 7.11. The lowest BCUT2D eigenvalue weighted by Gasteiger charge is -2.23. The average Bonchev–Trinajstić information content (AvgIpc) is 2.46. The number of hydrogen-bond donors (Lipinski definition) is 1. The molecule has 1 N–H and O–H groups in total. The molecule has 124 valence electrons. The molecule has 0 saturated heterocycles. The van der Waals surface area contributed by atoms with E-state index < -0.39 is 15.7 Å². The molecule has 23 heavy (non-hydrogen) atoms. The van der Waals surface area contributed by atoms with Crippen molar-refractivity contribution < 1.29 is 22.1 Å². The Morgan fingerprint density at radius 1 is 1.04 bits per heavy atom. The maximum Gasteiger partial charge on any atom is 0.264 e. The number of aliphatic hydroxyl groups is 1. The van der Waals surface area contributed by atoms with Crippen molar-refractivity contribution in [2.45, 2.75) is 18.9 Å². The highest BCUT2D eigenvalue weighted by Gasteiger charge is 2.23. The first-order valence-corrected chi connectivity index (χ1v) is 8.92. The van der Waals surface area contributed by atoms with Crippen LogP contribution in [0.2, 0.25) is 0 Å². The molecule has 2 aromatic rings. The first-order chi connectivity index (χ1) is 10.7. The van der Waals surface area contributed by atoms with Gasteiger partial charge >= 0.3 is 0 Å². The summed E-state index contributed by atoms with van der Waals surface area (Å²) in [5.41, 5.74) is 1.22. The highest BCUT2D eigenvalue weighted by atomic mass is 32.2. The van der Waals surface area contributed by atoms with Gasteiger partial charge in [0.2, 0.25) is 0 Å². The molecule has 0 bridgehead atoms. The SMILES string of the molecule is CC(O)(CCOS(C)(=O)=O)c1ccc(-c2ccc(F)cc2)cc1. The van der Waals surface area contributed by atoms with Gasteiger partial charge in [0.05, 0.1) is 18.5 Å². The molecular weight excluding hydrogens is 319 g/mol. The molecule has 0 fully saturated rings. The Labute approximate surface area is 135 Å². The van der Waals surface area contributed by atoms with Gasteiger partial charge in [-0.25, -0.2) is 4.39 Å². The third-order valence-corrected chi connectivity index (χ3v) is 4.17. The van der Waals surface area contributed by atoms with Crippen molar-refractivity contribution in [3.05, 3.63) is 59.9 Å². The quantitative estimate of drug-likeness (QED) is 0.822. The van der Waals surface area contributed by atoms with Gasteiger partial charge in [-0.1, -0.05) is 36.4 Å². The summed E-state index contributed by atoms with van der Waals surface area (Å²) in [6.45, 7) is 1.51. The van der Waals surface area contributed by atoms with E-state index in [9.17, 15) is 17.9 Å². The van der Waals surface area contributed by atoms with Gasteiger partial charge in [-0.3, -0.25) is 4.18 Å². The Morgan fingerprint density at radius 2 is 1.52 bits per heavy atom. The van der Waals surface area contributed by atoms with E-state index in [4.69, 9.17) is 0 Å². The molecule has 0 heterocycles. The Balaban J connectivity index is 2.10. The molecule has 0 aromatic heterocycles. The molecule has 2 rings (SSSR count). The third kappa shape index (κ3) is 5.13. The molecule has 2 aromatic carbocycles.